The second-order valence-electron chi connectivity index (χ2n) is 8.58. The molecule has 1 saturated carbocycles. The van der Waals surface area contributed by atoms with Gasteiger partial charge < -0.3 is 16.0 Å². The van der Waals surface area contributed by atoms with Gasteiger partial charge in [-0.1, -0.05) is 30.3 Å². The summed E-state index contributed by atoms with van der Waals surface area (Å²) in [7, 11) is 0. The van der Waals surface area contributed by atoms with Gasteiger partial charge in [0.2, 0.25) is 23.5 Å². The molecular weight excluding hydrogens is 478 g/mol. The number of hydrogen-bond acceptors (Lipinski definition) is 6. The summed E-state index contributed by atoms with van der Waals surface area (Å²) in [5.74, 6) is -6.17. The molecule has 0 spiro atoms. The van der Waals surface area contributed by atoms with Gasteiger partial charge >= 0.3 is 0 Å². The van der Waals surface area contributed by atoms with Crippen molar-refractivity contribution in [1.82, 2.24) is 20.9 Å². The van der Waals surface area contributed by atoms with Gasteiger partial charge in [0, 0.05) is 36.8 Å². The van der Waals surface area contributed by atoms with Crippen LogP contribution in [0.25, 0.3) is 0 Å². The van der Waals surface area contributed by atoms with Crippen LogP contribution in [0.5, 0.6) is 0 Å². The van der Waals surface area contributed by atoms with Gasteiger partial charge in [0.1, 0.15) is 17.1 Å². The normalized spacial score (nSPS) is 17.1. The molecule has 8 nitrogen and oxygen atoms in total. The molecule has 1 aliphatic carbocycles. The largest absolute Gasteiger partial charge is 0.344 e. The van der Waals surface area contributed by atoms with E-state index >= 15 is 0 Å². The summed E-state index contributed by atoms with van der Waals surface area (Å²) in [5, 5.41) is 10.00. The summed E-state index contributed by atoms with van der Waals surface area (Å²) >= 11 is 1.33. The summed E-state index contributed by atoms with van der Waals surface area (Å²) in [6.07, 6.45) is 1.02. The predicted octanol–water partition coefficient (Wildman–Crippen LogP) is 2.39. The van der Waals surface area contributed by atoms with Gasteiger partial charge in [0.15, 0.2) is 0 Å². The van der Waals surface area contributed by atoms with Crippen molar-refractivity contribution in [2.45, 2.75) is 63.6 Å². The second-order valence-corrected chi connectivity index (χ2v) is 9.56. The van der Waals surface area contributed by atoms with Crippen LogP contribution in [-0.4, -0.2) is 46.5 Å². The standard InChI is InChI=1S/C24H28F2N4O4S/c1-15(29-22(33)17-7-9-24(25,26)10-8-17)21(32)30-18(13-16-5-3-2-4-6-16)20(31)23(34)28-14-19-27-11-12-35-19/h2-6,11-12,15,17-18H,7-10,13-14H2,1H3,(H,28,34)(H,29,33)(H,30,32)/t15-,18-/m1/s1. The third kappa shape index (κ3) is 7.91. The first-order valence-electron chi connectivity index (χ1n) is 11.4. The highest BCUT2D eigenvalue weighted by Crippen LogP contribution is 2.36. The molecule has 0 unspecified atom stereocenters. The number of carbonyl (C=O) groups excluding carboxylic acids is 4. The zero-order valence-corrected chi connectivity index (χ0v) is 20.1. The maximum Gasteiger partial charge on any atom is 0.289 e. The van der Waals surface area contributed by atoms with E-state index in [1.54, 1.807) is 41.9 Å². The Kier molecular flexibility index (Phi) is 9.02. The number of nitrogens with one attached hydrogen (secondary N) is 3. The summed E-state index contributed by atoms with van der Waals surface area (Å²) < 4.78 is 26.7. The highest BCUT2D eigenvalue weighted by atomic mass is 32.1. The smallest absolute Gasteiger partial charge is 0.289 e. The SMILES string of the molecule is C[C@@H](NC(=O)C1CCC(F)(F)CC1)C(=O)N[C@H](Cc1ccccc1)C(=O)C(=O)NCc1nccs1. The topological polar surface area (TPSA) is 117 Å². The van der Waals surface area contributed by atoms with E-state index in [0.717, 1.165) is 5.56 Å². The van der Waals surface area contributed by atoms with Crippen molar-refractivity contribution in [1.29, 1.82) is 0 Å². The maximum absolute atomic E-state index is 13.4. The number of amides is 3. The van der Waals surface area contributed by atoms with E-state index in [-0.39, 0.29) is 38.6 Å². The summed E-state index contributed by atoms with van der Waals surface area (Å²) in [4.78, 5) is 54.7. The number of thiazole rings is 1. The fourth-order valence-electron chi connectivity index (χ4n) is 3.80. The van der Waals surface area contributed by atoms with E-state index in [0.29, 0.717) is 5.01 Å². The molecule has 0 bridgehead atoms. The van der Waals surface area contributed by atoms with Gasteiger partial charge in [0.05, 0.1) is 6.54 Å². The molecule has 3 N–H and O–H groups in total. The van der Waals surface area contributed by atoms with E-state index in [1.807, 2.05) is 0 Å². The monoisotopic (exact) mass is 506 g/mol. The number of Topliss-reactive ketones (excluding diaryl/α,β-unsaturated/α-hetero) is 1. The molecule has 2 atom stereocenters. The van der Waals surface area contributed by atoms with Crippen LogP contribution in [0.2, 0.25) is 0 Å². The van der Waals surface area contributed by atoms with Crippen LogP contribution < -0.4 is 16.0 Å². The van der Waals surface area contributed by atoms with Gasteiger partial charge in [-0.25, -0.2) is 13.8 Å². The van der Waals surface area contributed by atoms with Gasteiger partial charge in [-0.15, -0.1) is 11.3 Å². The highest BCUT2D eigenvalue weighted by molar-refractivity contribution is 7.09. The number of ketones is 1. The third-order valence-corrected chi connectivity index (χ3v) is 6.64. The fourth-order valence-corrected chi connectivity index (χ4v) is 4.35. The lowest BCUT2D eigenvalue weighted by Gasteiger charge is -2.28. The Balaban J connectivity index is 1.61. The first kappa shape index (κ1) is 26.4. The van der Waals surface area contributed by atoms with Crippen molar-refractivity contribution in [3.8, 4) is 0 Å². The number of benzene rings is 1. The van der Waals surface area contributed by atoms with Crippen molar-refractivity contribution >= 4 is 34.8 Å². The Morgan fingerprint density at radius 1 is 1.11 bits per heavy atom. The number of nitrogens with zero attached hydrogens (tertiary/aromatic N) is 1. The lowest BCUT2D eigenvalue weighted by atomic mass is 9.86. The molecule has 188 valence electrons. The molecule has 1 fully saturated rings. The zero-order valence-electron chi connectivity index (χ0n) is 19.3. The van der Waals surface area contributed by atoms with Gasteiger partial charge in [-0.3, -0.25) is 19.2 Å². The van der Waals surface area contributed by atoms with Crippen LogP contribution in [0.4, 0.5) is 8.78 Å². The molecule has 0 saturated heterocycles. The molecular formula is C24H28F2N4O4S. The number of aromatic nitrogens is 1. The van der Waals surface area contributed by atoms with E-state index in [9.17, 15) is 28.0 Å². The zero-order chi connectivity index (χ0) is 25.4. The summed E-state index contributed by atoms with van der Waals surface area (Å²) in [5.41, 5.74) is 0.735. The van der Waals surface area contributed by atoms with Gasteiger partial charge in [-0.05, 0) is 25.3 Å². The Hall–Kier alpha value is -3.21. The fraction of sp³-hybridized carbons (Fsp3) is 0.458. The number of hydrogen-bond donors (Lipinski definition) is 3. The number of carbonyl (C=O) groups is 4. The molecule has 1 aromatic heterocycles. The van der Waals surface area contributed by atoms with Crippen molar-refractivity contribution in [3.63, 3.8) is 0 Å². The lowest BCUT2D eigenvalue weighted by Crippen LogP contribution is -2.54. The quantitative estimate of drug-likeness (QED) is 0.428. The predicted molar refractivity (Wildman–Crippen MR) is 126 cm³/mol. The first-order valence-corrected chi connectivity index (χ1v) is 12.3. The first-order chi connectivity index (χ1) is 16.6. The summed E-state index contributed by atoms with van der Waals surface area (Å²) in [6.45, 7) is 1.53. The number of halogens is 2. The van der Waals surface area contributed by atoms with Crippen LogP contribution in [0.1, 0.15) is 43.2 Å². The molecule has 3 amide bonds. The minimum absolute atomic E-state index is 0.0432. The van der Waals surface area contributed by atoms with E-state index in [4.69, 9.17) is 0 Å². The summed E-state index contributed by atoms with van der Waals surface area (Å²) in [6, 6.07) is 6.71. The minimum atomic E-state index is -2.76. The lowest BCUT2D eigenvalue weighted by molar-refractivity contribution is -0.140. The molecule has 35 heavy (non-hydrogen) atoms. The molecule has 1 heterocycles. The Morgan fingerprint density at radius 2 is 1.80 bits per heavy atom. The Morgan fingerprint density at radius 3 is 2.43 bits per heavy atom. The van der Waals surface area contributed by atoms with Crippen molar-refractivity contribution in [3.05, 3.63) is 52.5 Å². The molecule has 2 aromatic rings. The second kappa shape index (κ2) is 12.0. The average molecular weight is 507 g/mol. The minimum Gasteiger partial charge on any atom is -0.344 e. The highest BCUT2D eigenvalue weighted by Gasteiger charge is 2.38. The third-order valence-electron chi connectivity index (χ3n) is 5.86. The van der Waals surface area contributed by atoms with Gasteiger partial charge in [-0.2, -0.15) is 0 Å². The van der Waals surface area contributed by atoms with E-state index in [2.05, 4.69) is 20.9 Å². The molecule has 3 rings (SSSR count). The average Bonchev–Trinajstić information content (AvgIpc) is 3.35. The van der Waals surface area contributed by atoms with Crippen LogP contribution in [0.3, 0.4) is 0 Å². The molecule has 0 radical (unpaired) electrons. The maximum atomic E-state index is 13.4. The van der Waals surface area contributed by atoms with Crippen molar-refractivity contribution < 1.29 is 28.0 Å². The Bertz CT molecular complexity index is 1020. The van der Waals surface area contributed by atoms with Crippen molar-refractivity contribution in [2.24, 2.45) is 5.92 Å². The molecule has 11 heteroatoms. The van der Waals surface area contributed by atoms with Crippen molar-refractivity contribution in [2.75, 3.05) is 0 Å². The molecule has 1 aliphatic rings. The van der Waals surface area contributed by atoms with E-state index in [1.165, 1.54) is 18.3 Å². The number of alkyl halides is 2. The van der Waals surface area contributed by atoms with Crippen LogP contribution in [-0.2, 0) is 32.1 Å². The molecule has 1 aromatic carbocycles. The van der Waals surface area contributed by atoms with Crippen LogP contribution in [0, 0.1) is 5.92 Å². The van der Waals surface area contributed by atoms with Gasteiger partial charge in [0.25, 0.3) is 5.91 Å². The van der Waals surface area contributed by atoms with E-state index < -0.39 is 47.4 Å². The van der Waals surface area contributed by atoms with Crippen LogP contribution in [0.15, 0.2) is 41.9 Å². The molecule has 0 aliphatic heterocycles. The van der Waals surface area contributed by atoms with Crippen LogP contribution >= 0.6 is 11.3 Å². The number of rotatable bonds is 10. The Labute approximate surface area is 205 Å².